The Morgan fingerprint density at radius 2 is 1.86 bits per heavy atom. The average molecular weight is 313 g/mol. The van der Waals surface area contributed by atoms with Gasteiger partial charge >= 0.3 is 12.0 Å². The van der Waals surface area contributed by atoms with Crippen LogP contribution in [0.3, 0.4) is 0 Å². The molecule has 126 valence electrons. The van der Waals surface area contributed by atoms with Crippen molar-refractivity contribution in [3.8, 4) is 0 Å². The molecule has 7 heteroatoms. The molecule has 0 bridgehead atoms. The molecule has 1 rings (SSSR count). The standard InChI is InChI=1S/C15H27N3O4/c1-4-11(3)16-15(21)17-13(19)10-18-8-6-12(7-9-18)14(20)22-5-2/h11-12H,4-10H2,1-3H3,(H2,16,17,19,21)/t11-/m0/s1. The zero-order chi connectivity index (χ0) is 16.5. The quantitative estimate of drug-likeness (QED) is 0.711. The molecule has 1 aliphatic rings. The normalized spacial score (nSPS) is 17.6. The number of ether oxygens (including phenoxy) is 1. The number of esters is 1. The monoisotopic (exact) mass is 313 g/mol. The highest BCUT2D eigenvalue weighted by molar-refractivity contribution is 5.95. The van der Waals surface area contributed by atoms with Gasteiger partial charge in [-0.05, 0) is 46.2 Å². The van der Waals surface area contributed by atoms with Crippen molar-refractivity contribution in [1.82, 2.24) is 15.5 Å². The van der Waals surface area contributed by atoms with Crippen molar-refractivity contribution in [3.63, 3.8) is 0 Å². The third-order valence-electron chi connectivity index (χ3n) is 3.82. The van der Waals surface area contributed by atoms with Crippen molar-refractivity contribution in [3.05, 3.63) is 0 Å². The van der Waals surface area contributed by atoms with Crippen LogP contribution in [0.25, 0.3) is 0 Å². The molecule has 0 aromatic heterocycles. The fourth-order valence-electron chi connectivity index (χ4n) is 2.32. The minimum atomic E-state index is -0.458. The van der Waals surface area contributed by atoms with E-state index in [0.29, 0.717) is 32.5 Å². The van der Waals surface area contributed by atoms with Crippen LogP contribution >= 0.6 is 0 Å². The Labute approximate surface area is 131 Å². The van der Waals surface area contributed by atoms with E-state index in [9.17, 15) is 14.4 Å². The van der Waals surface area contributed by atoms with Gasteiger partial charge in [-0.15, -0.1) is 0 Å². The Morgan fingerprint density at radius 1 is 1.23 bits per heavy atom. The molecule has 0 saturated carbocycles. The van der Waals surface area contributed by atoms with Gasteiger partial charge < -0.3 is 10.1 Å². The minimum Gasteiger partial charge on any atom is -0.466 e. The first-order valence-electron chi connectivity index (χ1n) is 7.95. The number of imide groups is 1. The molecule has 22 heavy (non-hydrogen) atoms. The van der Waals surface area contributed by atoms with E-state index in [4.69, 9.17) is 4.74 Å². The van der Waals surface area contributed by atoms with Gasteiger partial charge in [0.2, 0.25) is 5.91 Å². The molecule has 1 saturated heterocycles. The van der Waals surface area contributed by atoms with E-state index >= 15 is 0 Å². The summed E-state index contributed by atoms with van der Waals surface area (Å²) in [4.78, 5) is 36.9. The van der Waals surface area contributed by atoms with Crippen LogP contribution in [0.1, 0.15) is 40.0 Å². The molecule has 0 aromatic carbocycles. The van der Waals surface area contributed by atoms with Crippen LogP contribution in [0, 0.1) is 5.92 Å². The van der Waals surface area contributed by atoms with Crippen LogP contribution in [0.5, 0.6) is 0 Å². The van der Waals surface area contributed by atoms with Gasteiger partial charge in [-0.2, -0.15) is 0 Å². The first-order chi connectivity index (χ1) is 10.5. The molecular weight excluding hydrogens is 286 g/mol. The fourth-order valence-corrected chi connectivity index (χ4v) is 2.32. The lowest BCUT2D eigenvalue weighted by molar-refractivity contribution is -0.149. The van der Waals surface area contributed by atoms with E-state index in [2.05, 4.69) is 10.6 Å². The first kappa shape index (κ1) is 18.4. The summed E-state index contributed by atoms with van der Waals surface area (Å²) in [5.74, 6) is -0.553. The molecule has 1 heterocycles. The predicted octanol–water partition coefficient (Wildman–Crippen LogP) is 0.886. The molecule has 3 amide bonds. The lowest BCUT2D eigenvalue weighted by Crippen LogP contribution is -2.48. The summed E-state index contributed by atoms with van der Waals surface area (Å²) in [6.45, 7) is 7.51. The number of nitrogens with one attached hydrogen (secondary N) is 2. The highest BCUT2D eigenvalue weighted by Gasteiger charge is 2.27. The summed E-state index contributed by atoms with van der Waals surface area (Å²) in [6.07, 6.45) is 2.18. The van der Waals surface area contributed by atoms with Gasteiger partial charge in [0.05, 0.1) is 19.1 Å². The molecule has 7 nitrogen and oxygen atoms in total. The molecule has 2 N–H and O–H groups in total. The van der Waals surface area contributed by atoms with Crippen molar-refractivity contribution >= 4 is 17.9 Å². The van der Waals surface area contributed by atoms with Gasteiger partial charge in [0.25, 0.3) is 0 Å². The Hall–Kier alpha value is -1.63. The van der Waals surface area contributed by atoms with Crippen LogP contribution in [-0.4, -0.2) is 55.1 Å². The number of carbonyl (C=O) groups excluding carboxylic acids is 3. The Morgan fingerprint density at radius 3 is 2.41 bits per heavy atom. The Kier molecular flexibility index (Phi) is 7.87. The van der Waals surface area contributed by atoms with Crippen molar-refractivity contribution < 1.29 is 19.1 Å². The van der Waals surface area contributed by atoms with Gasteiger partial charge in [-0.1, -0.05) is 6.92 Å². The lowest BCUT2D eigenvalue weighted by Gasteiger charge is -2.30. The van der Waals surface area contributed by atoms with Crippen LogP contribution < -0.4 is 10.6 Å². The summed E-state index contributed by atoms with van der Waals surface area (Å²) in [5, 5.41) is 5.01. The number of nitrogens with zero attached hydrogens (tertiary/aromatic N) is 1. The molecule has 1 aliphatic heterocycles. The second-order valence-electron chi connectivity index (χ2n) is 5.63. The van der Waals surface area contributed by atoms with Gasteiger partial charge in [-0.25, -0.2) is 4.79 Å². The van der Waals surface area contributed by atoms with Gasteiger partial charge in [0.1, 0.15) is 0 Å². The number of piperidine rings is 1. The molecule has 1 atom stereocenters. The van der Waals surface area contributed by atoms with E-state index in [1.165, 1.54) is 0 Å². The topological polar surface area (TPSA) is 87.7 Å². The van der Waals surface area contributed by atoms with Crippen LogP contribution in [0.4, 0.5) is 4.79 Å². The van der Waals surface area contributed by atoms with Crippen molar-refractivity contribution in [1.29, 1.82) is 0 Å². The molecule has 0 spiro atoms. The Bertz CT molecular complexity index is 392. The summed E-state index contributed by atoms with van der Waals surface area (Å²) >= 11 is 0. The second kappa shape index (κ2) is 9.40. The second-order valence-corrected chi connectivity index (χ2v) is 5.63. The summed E-state index contributed by atoms with van der Waals surface area (Å²) in [7, 11) is 0. The maximum absolute atomic E-state index is 11.8. The minimum absolute atomic E-state index is 0.0353. The maximum Gasteiger partial charge on any atom is 0.321 e. The average Bonchev–Trinajstić information content (AvgIpc) is 2.47. The van der Waals surface area contributed by atoms with Gasteiger partial charge in [0.15, 0.2) is 0 Å². The first-order valence-corrected chi connectivity index (χ1v) is 7.95. The highest BCUT2D eigenvalue weighted by atomic mass is 16.5. The molecule has 0 radical (unpaired) electrons. The van der Waals surface area contributed by atoms with E-state index in [-0.39, 0.29) is 30.4 Å². The predicted molar refractivity (Wildman–Crippen MR) is 82.2 cm³/mol. The van der Waals surface area contributed by atoms with E-state index in [0.717, 1.165) is 6.42 Å². The maximum atomic E-state index is 11.8. The number of likely N-dealkylation sites (tertiary alicyclic amines) is 1. The molecular formula is C15H27N3O4. The van der Waals surface area contributed by atoms with Gasteiger partial charge in [0, 0.05) is 6.04 Å². The number of rotatable bonds is 6. The summed E-state index contributed by atoms with van der Waals surface area (Å²) in [6, 6.07) is -0.422. The smallest absolute Gasteiger partial charge is 0.321 e. The van der Waals surface area contributed by atoms with Crippen molar-refractivity contribution in [2.24, 2.45) is 5.92 Å². The fraction of sp³-hybridized carbons (Fsp3) is 0.800. The van der Waals surface area contributed by atoms with Crippen LogP contribution in [0.2, 0.25) is 0 Å². The van der Waals surface area contributed by atoms with Crippen molar-refractivity contribution in [2.75, 3.05) is 26.2 Å². The third-order valence-corrected chi connectivity index (χ3v) is 3.82. The zero-order valence-electron chi connectivity index (χ0n) is 13.7. The number of carbonyl (C=O) groups is 3. The molecule has 0 aliphatic carbocycles. The number of amides is 3. The Balaban J connectivity index is 2.27. The highest BCUT2D eigenvalue weighted by Crippen LogP contribution is 2.18. The number of urea groups is 1. The SMILES string of the molecule is CCOC(=O)C1CCN(CC(=O)NC(=O)N[C@@H](C)CC)CC1. The number of hydrogen-bond donors (Lipinski definition) is 2. The van der Waals surface area contributed by atoms with Crippen LogP contribution in [-0.2, 0) is 14.3 Å². The van der Waals surface area contributed by atoms with Crippen molar-refractivity contribution in [2.45, 2.75) is 46.1 Å². The molecule has 1 fully saturated rings. The zero-order valence-corrected chi connectivity index (χ0v) is 13.7. The van der Waals surface area contributed by atoms with Gasteiger partial charge in [-0.3, -0.25) is 19.8 Å². The molecule has 0 unspecified atom stereocenters. The molecule has 0 aromatic rings. The lowest BCUT2D eigenvalue weighted by atomic mass is 9.97. The van der Waals surface area contributed by atoms with Crippen LogP contribution in [0.15, 0.2) is 0 Å². The largest absolute Gasteiger partial charge is 0.466 e. The van der Waals surface area contributed by atoms with E-state index in [1.54, 1.807) is 6.92 Å². The number of hydrogen-bond acceptors (Lipinski definition) is 5. The summed E-state index contributed by atoms with van der Waals surface area (Å²) < 4.78 is 5.01. The van der Waals surface area contributed by atoms with E-state index in [1.807, 2.05) is 18.7 Å². The van der Waals surface area contributed by atoms with E-state index < -0.39 is 6.03 Å². The third kappa shape index (κ3) is 6.43. The summed E-state index contributed by atoms with van der Waals surface area (Å²) in [5.41, 5.74) is 0.